The molecule has 0 saturated carbocycles. The summed E-state index contributed by atoms with van der Waals surface area (Å²) in [5, 5.41) is 14.2. The minimum Gasteiger partial charge on any atom is -0.481 e. The van der Waals surface area contributed by atoms with Crippen molar-refractivity contribution in [3.05, 3.63) is 54.6 Å². The van der Waals surface area contributed by atoms with Gasteiger partial charge in [0.1, 0.15) is 0 Å². The van der Waals surface area contributed by atoms with E-state index in [-0.39, 0.29) is 5.91 Å². The number of carbonyl (C=O) groups excluding carboxylic acids is 1. The second-order valence-corrected chi connectivity index (χ2v) is 5.51. The van der Waals surface area contributed by atoms with Gasteiger partial charge in [0, 0.05) is 11.1 Å². The highest BCUT2D eigenvalue weighted by Crippen LogP contribution is 2.29. The van der Waals surface area contributed by atoms with Crippen LogP contribution in [0.25, 0.3) is 10.8 Å². The molecule has 0 bridgehead atoms. The molecular weight excluding hydrogens is 278 g/mol. The van der Waals surface area contributed by atoms with Crippen LogP contribution in [-0.4, -0.2) is 17.0 Å². The molecule has 4 nitrogen and oxygen atoms in total. The van der Waals surface area contributed by atoms with Crippen LogP contribution in [-0.2, 0) is 9.59 Å². The number of carbonyl (C=O) groups is 2. The van der Waals surface area contributed by atoms with Crippen LogP contribution in [0.15, 0.2) is 54.6 Å². The standard InChI is InChI=1S/C18H17NO3/c20-17(14-9-3-4-10-15(14)18(21)22)19-16-11-5-7-12-6-1-2-8-13(12)16/h1-8,11,14-15H,9-10H2,(H,19,20)(H,21,22)/t14-,15+/m0/s1. The normalized spacial score (nSPS) is 20.7. The Labute approximate surface area is 128 Å². The molecule has 1 aliphatic carbocycles. The summed E-state index contributed by atoms with van der Waals surface area (Å²) in [7, 11) is 0. The summed E-state index contributed by atoms with van der Waals surface area (Å²) in [5.74, 6) is -2.32. The second-order valence-electron chi connectivity index (χ2n) is 5.51. The number of nitrogens with one attached hydrogen (secondary N) is 1. The summed E-state index contributed by atoms with van der Waals surface area (Å²) >= 11 is 0. The lowest BCUT2D eigenvalue weighted by atomic mass is 9.82. The van der Waals surface area contributed by atoms with E-state index in [0.29, 0.717) is 12.8 Å². The quantitative estimate of drug-likeness (QED) is 0.852. The predicted octanol–water partition coefficient (Wildman–Crippen LogP) is 3.45. The first-order chi connectivity index (χ1) is 10.7. The number of carboxylic acid groups (broad SMARTS) is 1. The van der Waals surface area contributed by atoms with Gasteiger partial charge in [-0.3, -0.25) is 9.59 Å². The summed E-state index contributed by atoms with van der Waals surface area (Å²) in [6.45, 7) is 0. The number of allylic oxidation sites excluding steroid dienone is 2. The third-order valence-corrected chi connectivity index (χ3v) is 4.13. The average Bonchev–Trinajstić information content (AvgIpc) is 2.55. The lowest BCUT2D eigenvalue weighted by Crippen LogP contribution is -2.34. The van der Waals surface area contributed by atoms with Crippen LogP contribution in [0.4, 0.5) is 5.69 Å². The van der Waals surface area contributed by atoms with E-state index in [0.717, 1.165) is 16.5 Å². The zero-order chi connectivity index (χ0) is 15.5. The van der Waals surface area contributed by atoms with Gasteiger partial charge >= 0.3 is 5.97 Å². The Hall–Kier alpha value is -2.62. The van der Waals surface area contributed by atoms with E-state index in [2.05, 4.69) is 5.32 Å². The fourth-order valence-electron chi connectivity index (χ4n) is 2.94. The van der Waals surface area contributed by atoms with Gasteiger partial charge in [0.15, 0.2) is 0 Å². The molecule has 0 fully saturated rings. The molecule has 112 valence electrons. The van der Waals surface area contributed by atoms with Crippen molar-refractivity contribution in [3.8, 4) is 0 Å². The number of amides is 1. The summed E-state index contributed by atoms with van der Waals surface area (Å²) in [6, 6.07) is 13.5. The van der Waals surface area contributed by atoms with Gasteiger partial charge in [-0.1, -0.05) is 48.6 Å². The van der Waals surface area contributed by atoms with Crippen LogP contribution >= 0.6 is 0 Å². The van der Waals surface area contributed by atoms with Gasteiger partial charge in [-0.25, -0.2) is 0 Å². The van der Waals surface area contributed by atoms with E-state index in [4.69, 9.17) is 0 Å². The number of aliphatic carboxylic acids is 1. The van der Waals surface area contributed by atoms with E-state index in [9.17, 15) is 14.7 Å². The minimum absolute atomic E-state index is 0.229. The van der Waals surface area contributed by atoms with Gasteiger partial charge in [0.25, 0.3) is 0 Å². The number of rotatable bonds is 3. The molecule has 2 aromatic carbocycles. The van der Waals surface area contributed by atoms with E-state index >= 15 is 0 Å². The average molecular weight is 295 g/mol. The van der Waals surface area contributed by atoms with Gasteiger partial charge in [0.2, 0.25) is 5.91 Å². The maximum Gasteiger partial charge on any atom is 0.307 e. The van der Waals surface area contributed by atoms with Crippen molar-refractivity contribution in [1.29, 1.82) is 0 Å². The summed E-state index contributed by atoms with van der Waals surface area (Å²) in [4.78, 5) is 23.8. The number of benzene rings is 2. The maximum atomic E-state index is 12.5. The molecule has 0 aromatic heterocycles. The zero-order valence-electron chi connectivity index (χ0n) is 12.0. The molecule has 0 spiro atoms. The van der Waals surface area contributed by atoms with Crippen molar-refractivity contribution in [2.75, 3.05) is 5.32 Å². The minimum atomic E-state index is -0.914. The van der Waals surface area contributed by atoms with Crippen molar-refractivity contribution >= 4 is 28.3 Å². The lowest BCUT2D eigenvalue weighted by molar-refractivity contribution is -0.146. The summed E-state index contributed by atoms with van der Waals surface area (Å²) < 4.78 is 0. The van der Waals surface area contributed by atoms with Crippen LogP contribution in [0.5, 0.6) is 0 Å². The molecule has 0 radical (unpaired) electrons. The van der Waals surface area contributed by atoms with Gasteiger partial charge in [-0.05, 0) is 24.3 Å². The highest BCUT2D eigenvalue weighted by atomic mass is 16.4. The molecule has 0 unspecified atom stereocenters. The van der Waals surface area contributed by atoms with Crippen molar-refractivity contribution in [1.82, 2.24) is 0 Å². The smallest absolute Gasteiger partial charge is 0.307 e. The largest absolute Gasteiger partial charge is 0.481 e. The summed E-state index contributed by atoms with van der Waals surface area (Å²) in [5.41, 5.74) is 0.724. The third kappa shape index (κ3) is 2.72. The SMILES string of the molecule is O=C(Nc1cccc2ccccc12)[C@H]1CC=CC[C@H]1C(=O)O. The van der Waals surface area contributed by atoms with Crippen molar-refractivity contribution < 1.29 is 14.7 Å². The second kappa shape index (κ2) is 6.02. The third-order valence-electron chi connectivity index (χ3n) is 4.13. The van der Waals surface area contributed by atoms with Crippen LogP contribution in [0.2, 0.25) is 0 Å². The number of hydrogen-bond donors (Lipinski definition) is 2. The molecule has 3 rings (SSSR count). The first kappa shape index (κ1) is 14.3. The molecule has 22 heavy (non-hydrogen) atoms. The van der Waals surface area contributed by atoms with Crippen LogP contribution in [0, 0.1) is 11.8 Å². The van der Waals surface area contributed by atoms with Crippen LogP contribution in [0.3, 0.4) is 0 Å². The topological polar surface area (TPSA) is 66.4 Å². The van der Waals surface area contributed by atoms with Crippen LogP contribution in [0.1, 0.15) is 12.8 Å². The molecule has 1 aliphatic rings. The molecule has 0 saturated heterocycles. The molecule has 1 amide bonds. The highest BCUT2D eigenvalue weighted by molar-refractivity contribution is 6.03. The molecule has 0 heterocycles. The number of fused-ring (bicyclic) bond motifs is 1. The van der Waals surface area contributed by atoms with E-state index in [1.165, 1.54) is 0 Å². The number of anilines is 1. The highest BCUT2D eigenvalue weighted by Gasteiger charge is 2.34. The molecule has 0 aliphatic heterocycles. The van der Waals surface area contributed by atoms with Gasteiger partial charge < -0.3 is 10.4 Å². The summed E-state index contributed by atoms with van der Waals surface area (Å²) in [6.07, 6.45) is 4.59. The molecule has 4 heteroatoms. The zero-order valence-corrected chi connectivity index (χ0v) is 12.0. The predicted molar refractivity (Wildman–Crippen MR) is 85.6 cm³/mol. The molecule has 2 atom stereocenters. The Bertz CT molecular complexity index is 746. The van der Waals surface area contributed by atoms with Gasteiger partial charge in [-0.2, -0.15) is 0 Å². The Balaban J connectivity index is 1.86. The van der Waals surface area contributed by atoms with Crippen molar-refractivity contribution in [2.24, 2.45) is 11.8 Å². The number of hydrogen-bond acceptors (Lipinski definition) is 2. The number of carboxylic acids is 1. The Kier molecular flexibility index (Phi) is 3.92. The molecule has 2 N–H and O–H groups in total. The Morgan fingerprint density at radius 1 is 0.955 bits per heavy atom. The molecule has 2 aromatic rings. The Morgan fingerprint density at radius 3 is 2.41 bits per heavy atom. The molecular formula is C18H17NO3. The van der Waals surface area contributed by atoms with Gasteiger partial charge in [0.05, 0.1) is 11.8 Å². The van der Waals surface area contributed by atoms with Crippen molar-refractivity contribution in [2.45, 2.75) is 12.8 Å². The first-order valence-corrected chi connectivity index (χ1v) is 7.33. The van der Waals surface area contributed by atoms with E-state index in [1.54, 1.807) is 0 Å². The fraction of sp³-hybridized carbons (Fsp3) is 0.222. The fourth-order valence-corrected chi connectivity index (χ4v) is 2.94. The van der Waals surface area contributed by atoms with Gasteiger partial charge in [-0.15, -0.1) is 0 Å². The van der Waals surface area contributed by atoms with E-state index in [1.807, 2.05) is 54.6 Å². The van der Waals surface area contributed by atoms with Crippen LogP contribution < -0.4 is 5.32 Å². The maximum absolute atomic E-state index is 12.5. The van der Waals surface area contributed by atoms with Crippen molar-refractivity contribution in [3.63, 3.8) is 0 Å². The monoisotopic (exact) mass is 295 g/mol. The lowest BCUT2D eigenvalue weighted by Gasteiger charge is -2.24. The Morgan fingerprint density at radius 2 is 1.64 bits per heavy atom. The first-order valence-electron chi connectivity index (χ1n) is 7.33. The van der Waals surface area contributed by atoms with E-state index < -0.39 is 17.8 Å².